The van der Waals surface area contributed by atoms with Crippen LogP contribution in [0.4, 0.5) is 5.69 Å². The Hall–Kier alpha value is -1.97. The lowest BCUT2D eigenvalue weighted by Crippen LogP contribution is -2.01. The maximum Gasteiger partial charge on any atom is 0.123 e. The Morgan fingerprint density at radius 1 is 1.39 bits per heavy atom. The van der Waals surface area contributed by atoms with Crippen LogP contribution in [0.5, 0.6) is 5.75 Å². The Balaban J connectivity index is 2.13. The maximum atomic E-state index is 9.95. The molecule has 4 heteroatoms. The summed E-state index contributed by atoms with van der Waals surface area (Å²) in [5.41, 5.74) is 3.88. The lowest BCUT2D eigenvalue weighted by atomic mass is 10.1. The smallest absolute Gasteiger partial charge is 0.123 e. The second-order valence-corrected chi connectivity index (χ2v) is 4.45. The number of anilines is 1. The van der Waals surface area contributed by atoms with Gasteiger partial charge in [0, 0.05) is 25.4 Å². The van der Waals surface area contributed by atoms with E-state index >= 15 is 0 Å². The predicted octanol–water partition coefficient (Wildman–Crippen LogP) is 2.61. The van der Waals surface area contributed by atoms with Crippen molar-refractivity contribution in [2.75, 3.05) is 5.32 Å². The summed E-state index contributed by atoms with van der Waals surface area (Å²) in [6, 6.07) is 5.79. The fourth-order valence-electron chi connectivity index (χ4n) is 2.00. The Labute approximate surface area is 107 Å². The van der Waals surface area contributed by atoms with E-state index in [4.69, 9.17) is 0 Å². The molecule has 2 N–H and O–H groups in total. The Morgan fingerprint density at radius 2 is 2.17 bits per heavy atom. The molecule has 2 rings (SSSR count). The summed E-state index contributed by atoms with van der Waals surface area (Å²) in [5.74, 6) is 0.368. The summed E-state index contributed by atoms with van der Waals surface area (Å²) in [6.45, 7) is 4.59. The minimum absolute atomic E-state index is 0.368. The van der Waals surface area contributed by atoms with Crippen LogP contribution < -0.4 is 5.32 Å². The van der Waals surface area contributed by atoms with E-state index in [1.165, 1.54) is 0 Å². The van der Waals surface area contributed by atoms with E-state index in [9.17, 15) is 5.11 Å². The summed E-state index contributed by atoms with van der Waals surface area (Å²) in [7, 11) is 1.91. The molecule has 0 saturated carbocycles. The first-order chi connectivity index (χ1) is 8.61. The minimum atomic E-state index is 0.368. The van der Waals surface area contributed by atoms with E-state index in [0.29, 0.717) is 12.3 Å². The topological polar surface area (TPSA) is 50.1 Å². The molecule has 0 atom stereocenters. The number of benzene rings is 1. The highest BCUT2D eigenvalue weighted by Crippen LogP contribution is 2.23. The van der Waals surface area contributed by atoms with Crippen LogP contribution in [0.25, 0.3) is 0 Å². The van der Waals surface area contributed by atoms with Gasteiger partial charge in [-0.2, -0.15) is 5.10 Å². The highest BCUT2D eigenvalue weighted by molar-refractivity contribution is 5.48. The molecule has 0 fully saturated rings. The second-order valence-electron chi connectivity index (χ2n) is 4.45. The minimum Gasteiger partial charge on any atom is -0.507 e. The van der Waals surface area contributed by atoms with Gasteiger partial charge in [0.25, 0.3) is 0 Å². The summed E-state index contributed by atoms with van der Waals surface area (Å²) in [5, 5.41) is 17.6. The van der Waals surface area contributed by atoms with Gasteiger partial charge in [-0.25, -0.2) is 0 Å². The Bertz CT molecular complexity index is 546. The SMILES string of the molecule is CCc1nn(C)cc1NCc1cccc(C)c1O. The standard InChI is InChI=1S/C14H19N3O/c1-4-12-13(9-17(3)16-12)15-8-11-7-5-6-10(2)14(11)18/h5-7,9,15,18H,4,8H2,1-3H3. The first-order valence-corrected chi connectivity index (χ1v) is 6.15. The van der Waals surface area contributed by atoms with Crippen LogP contribution in [0, 0.1) is 6.92 Å². The molecule has 0 radical (unpaired) electrons. The summed E-state index contributed by atoms with van der Waals surface area (Å²) in [6.07, 6.45) is 2.86. The van der Waals surface area contributed by atoms with Crippen molar-refractivity contribution in [1.82, 2.24) is 9.78 Å². The molecule has 1 aromatic carbocycles. The van der Waals surface area contributed by atoms with Crippen LogP contribution in [-0.2, 0) is 20.0 Å². The van der Waals surface area contributed by atoms with Gasteiger partial charge in [-0.1, -0.05) is 25.1 Å². The van der Waals surface area contributed by atoms with Crippen molar-refractivity contribution in [3.8, 4) is 5.75 Å². The summed E-state index contributed by atoms with van der Waals surface area (Å²) >= 11 is 0. The van der Waals surface area contributed by atoms with Crippen LogP contribution in [0.2, 0.25) is 0 Å². The van der Waals surface area contributed by atoms with Gasteiger partial charge in [0.15, 0.2) is 0 Å². The van der Waals surface area contributed by atoms with Crippen molar-refractivity contribution < 1.29 is 5.11 Å². The molecule has 0 bridgehead atoms. The second kappa shape index (κ2) is 5.12. The number of nitrogens with one attached hydrogen (secondary N) is 1. The monoisotopic (exact) mass is 245 g/mol. The lowest BCUT2D eigenvalue weighted by Gasteiger charge is -2.09. The quantitative estimate of drug-likeness (QED) is 0.870. The molecule has 96 valence electrons. The fraction of sp³-hybridized carbons (Fsp3) is 0.357. The average molecular weight is 245 g/mol. The molecule has 4 nitrogen and oxygen atoms in total. The molecule has 0 unspecified atom stereocenters. The molecule has 1 heterocycles. The van der Waals surface area contributed by atoms with Gasteiger partial charge in [-0.3, -0.25) is 4.68 Å². The van der Waals surface area contributed by atoms with Gasteiger partial charge in [-0.15, -0.1) is 0 Å². The number of para-hydroxylation sites is 1. The highest BCUT2D eigenvalue weighted by atomic mass is 16.3. The zero-order valence-electron chi connectivity index (χ0n) is 11.1. The van der Waals surface area contributed by atoms with Crippen molar-refractivity contribution in [2.24, 2.45) is 7.05 Å². The zero-order valence-corrected chi connectivity index (χ0v) is 11.1. The van der Waals surface area contributed by atoms with E-state index in [1.807, 2.05) is 38.4 Å². The molecule has 0 aliphatic carbocycles. The molecule has 0 saturated heterocycles. The molecule has 0 amide bonds. The number of rotatable bonds is 4. The van der Waals surface area contributed by atoms with Crippen LogP contribution in [0.15, 0.2) is 24.4 Å². The van der Waals surface area contributed by atoms with Crippen LogP contribution in [0.1, 0.15) is 23.7 Å². The number of phenolic OH excluding ortho intramolecular Hbond substituents is 1. The van der Waals surface area contributed by atoms with Crippen molar-refractivity contribution in [1.29, 1.82) is 0 Å². The summed E-state index contributed by atoms with van der Waals surface area (Å²) < 4.78 is 1.80. The number of aromatic hydroxyl groups is 1. The van der Waals surface area contributed by atoms with Gasteiger partial charge in [0.05, 0.1) is 11.4 Å². The molecule has 0 spiro atoms. The third-order valence-electron chi connectivity index (χ3n) is 3.03. The van der Waals surface area contributed by atoms with Crippen LogP contribution >= 0.6 is 0 Å². The third-order valence-corrected chi connectivity index (χ3v) is 3.03. The number of hydrogen-bond acceptors (Lipinski definition) is 3. The number of phenols is 1. The first-order valence-electron chi connectivity index (χ1n) is 6.15. The molecule has 18 heavy (non-hydrogen) atoms. The number of aryl methyl sites for hydroxylation is 3. The molecule has 0 aliphatic heterocycles. The first kappa shape index (κ1) is 12.5. The Morgan fingerprint density at radius 3 is 2.89 bits per heavy atom. The van der Waals surface area contributed by atoms with Gasteiger partial charge in [0.2, 0.25) is 0 Å². The largest absolute Gasteiger partial charge is 0.507 e. The molecule has 1 aromatic heterocycles. The van der Waals surface area contributed by atoms with E-state index < -0.39 is 0 Å². The fourth-order valence-corrected chi connectivity index (χ4v) is 2.00. The highest BCUT2D eigenvalue weighted by Gasteiger charge is 2.07. The van der Waals surface area contributed by atoms with Crippen LogP contribution in [0.3, 0.4) is 0 Å². The van der Waals surface area contributed by atoms with Gasteiger partial charge in [0.1, 0.15) is 5.75 Å². The predicted molar refractivity (Wildman–Crippen MR) is 72.8 cm³/mol. The average Bonchev–Trinajstić information content (AvgIpc) is 2.71. The molecular weight excluding hydrogens is 226 g/mol. The number of hydrogen-bond donors (Lipinski definition) is 2. The van der Waals surface area contributed by atoms with Gasteiger partial charge >= 0.3 is 0 Å². The lowest BCUT2D eigenvalue weighted by molar-refractivity contribution is 0.465. The van der Waals surface area contributed by atoms with Crippen molar-refractivity contribution in [2.45, 2.75) is 26.8 Å². The van der Waals surface area contributed by atoms with Gasteiger partial charge in [-0.05, 0) is 18.9 Å². The normalized spacial score (nSPS) is 10.6. The molecular formula is C14H19N3O. The maximum absolute atomic E-state index is 9.95. The Kier molecular flexibility index (Phi) is 3.55. The number of nitrogens with zero attached hydrogens (tertiary/aromatic N) is 2. The van der Waals surface area contributed by atoms with Crippen LogP contribution in [-0.4, -0.2) is 14.9 Å². The van der Waals surface area contributed by atoms with E-state index in [1.54, 1.807) is 4.68 Å². The number of aromatic nitrogens is 2. The van der Waals surface area contributed by atoms with E-state index in [-0.39, 0.29) is 0 Å². The van der Waals surface area contributed by atoms with Gasteiger partial charge < -0.3 is 10.4 Å². The van der Waals surface area contributed by atoms with Crippen molar-refractivity contribution >= 4 is 5.69 Å². The van der Waals surface area contributed by atoms with Crippen molar-refractivity contribution in [3.05, 3.63) is 41.2 Å². The molecule has 2 aromatic rings. The van der Waals surface area contributed by atoms with Crippen molar-refractivity contribution in [3.63, 3.8) is 0 Å². The summed E-state index contributed by atoms with van der Waals surface area (Å²) in [4.78, 5) is 0. The zero-order chi connectivity index (χ0) is 13.1. The van der Waals surface area contributed by atoms with E-state index in [2.05, 4.69) is 17.3 Å². The third kappa shape index (κ3) is 2.47. The molecule has 0 aliphatic rings. The van der Waals surface area contributed by atoms with E-state index in [0.717, 1.165) is 28.9 Å².